The highest BCUT2D eigenvalue weighted by Crippen LogP contribution is 2.49. The first-order valence-corrected chi connectivity index (χ1v) is 23.2. The number of fused-ring (bicyclic) bond motifs is 3. The summed E-state index contributed by atoms with van der Waals surface area (Å²) >= 11 is 8.16. The van der Waals surface area contributed by atoms with Crippen molar-refractivity contribution in [3.63, 3.8) is 0 Å². The van der Waals surface area contributed by atoms with Crippen LogP contribution in [-0.2, 0) is 28.0 Å². The lowest BCUT2D eigenvalue weighted by Crippen LogP contribution is -2.29. The van der Waals surface area contributed by atoms with Gasteiger partial charge in [0.05, 0.1) is 21.9 Å². The highest BCUT2D eigenvalue weighted by atomic mass is 32.2. The number of aliphatic carboxylic acids is 2. The van der Waals surface area contributed by atoms with E-state index in [4.69, 9.17) is 13.8 Å². The maximum Gasteiger partial charge on any atom is 0.333 e. The number of hydrogen-bond acceptors (Lipinski definition) is 14. The van der Waals surface area contributed by atoms with Crippen LogP contribution in [0.15, 0.2) is 139 Å². The summed E-state index contributed by atoms with van der Waals surface area (Å²) in [5, 5.41) is 29.3. The molecule has 0 bridgehead atoms. The van der Waals surface area contributed by atoms with Gasteiger partial charge in [0.2, 0.25) is 11.6 Å². The van der Waals surface area contributed by atoms with Crippen LogP contribution in [-0.4, -0.2) is 30.3 Å². The van der Waals surface area contributed by atoms with Crippen LogP contribution < -0.4 is 14.6 Å². The second kappa shape index (κ2) is 20.2. The maximum atomic E-state index is 10.8. The highest BCUT2D eigenvalue weighted by Gasteiger charge is 2.28. The van der Waals surface area contributed by atoms with E-state index in [1.165, 1.54) is 21.6 Å². The fraction of sp³-hybridized carbons (Fsp3) is 0.159. The Bertz CT molecular complexity index is 2670. The molecule has 0 saturated carbocycles. The number of rotatable bonds is 13. The normalized spacial score (nSPS) is 17.0. The van der Waals surface area contributed by atoms with Gasteiger partial charge in [0.1, 0.15) is 35.4 Å². The Morgan fingerprint density at radius 3 is 2.57 bits per heavy atom. The van der Waals surface area contributed by atoms with Crippen LogP contribution in [0.1, 0.15) is 30.7 Å². The fourth-order valence-electron chi connectivity index (χ4n) is 6.71. The van der Waals surface area contributed by atoms with Gasteiger partial charge < -0.3 is 15.0 Å². The van der Waals surface area contributed by atoms with E-state index >= 15 is 0 Å². The Hall–Kier alpha value is -4.69. The summed E-state index contributed by atoms with van der Waals surface area (Å²) in [6.45, 7) is -1.27. The van der Waals surface area contributed by atoms with Gasteiger partial charge in [0.15, 0.2) is 6.61 Å². The first kappa shape index (κ1) is 42.0. The molecule has 1 N–H and O–H groups in total. The molecule has 2 aliphatic carbocycles. The smallest absolute Gasteiger partial charge is 0.333 e. The van der Waals surface area contributed by atoms with Gasteiger partial charge in [-0.1, -0.05) is 81.9 Å². The molecule has 2 aromatic heterocycles. The van der Waals surface area contributed by atoms with E-state index < -0.39 is 25.2 Å². The van der Waals surface area contributed by atoms with Crippen LogP contribution >= 0.6 is 70.3 Å². The molecule has 60 heavy (non-hydrogen) atoms. The predicted molar refractivity (Wildman–Crippen MR) is 238 cm³/mol. The average Bonchev–Trinajstić information content (AvgIpc) is 3.98. The van der Waals surface area contributed by atoms with Crippen LogP contribution in [0.2, 0.25) is 0 Å². The van der Waals surface area contributed by atoms with E-state index in [1.54, 1.807) is 46.2 Å². The summed E-state index contributed by atoms with van der Waals surface area (Å²) in [5.41, 5.74) is 6.75. The molecule has 3 aromatic carbocycles. The summed E-state index contributed by atoms with van der Waals surface area (Å²) in [6, 6.07) is 33.4. The zero-order valence-electron chi connectivity index (χ0n) is 31.4. The summed E-state index contributed by atoms with van der Waals surface area (Å²) in [4.78, 5) is 37.3. The first-order valence-electron chi connectivity index (χ1n) is 18.4. The number of anilines is 1. The van der Waals surface area contributed by atoms with Crippen LogP contribution in [0.4, 0.5) is 5.69 Å². The number of thiophene rings is 1. The zero-order valence-corrected chi connectivity index (χ0v) is 36.3. The highest BCUT2D eigenvalue weighted by molar-refractivity contribution is 8.03. The first-order chi connectivity index (χ1) is 29.4. The van der Waals surface area contributed by atoms with Gasteiger partial charge in [0.25, 0.3) is 5.01 Å². The van der Waals surface area contributed by atoms with Crippen molar-refractivity contribution >= 4 is 104 Å². The summed E-state index contributed by atoms with van der Waals surface area (Å²) < 4.78 is 12.8. The number of hydrogen-bond donors (Lipinski definition) is 1. The second-order valence-corrected chi connectivity index (χ2v) is 18.5. The molecule has 3 heterocycles. The standard InChI is InChI=1S/C44H32N2O8S6/c47-43(48)27-51-53-56-19-16-45-36-14-12-32(38-7-4-18-55-38)25-39(36)59-41(45)23-29-8-10-31-11-9-30(22-33(31)21-29)24-42-46(17-20-57-54-52-28-44(49)50)37-15-13-35(26-40(37)60-42)58-34-5-2-1-3-6-34/h1-7,12-15,18,21-26,31H,8-11,27-28H2,(H-,47,48,49,50). The lowest BCUT2D eigenvalue weighted by atomic mass is 9.77. The van der Waals surface area contributed by atoms with Crippen LogP contribution in [0.25, 0.3) is 26.7 Å². The van der Waals surface area contributed by atoms with Crippen LogP contribution in [0, 0.1) is 28.5 Å². The topological polar surface area (TPSA) is 121 Å². The van der Waals surface area contributed by atoms with Gasteiger partial charge in [-0.15, -0.1) is 20.0 Å². The number of carboxylic acid groups (broad SMARTS) is 2. The average molecular weight is 909 g/mol. The molecule has 1 atom stereocenters. The van der Waals surface area contributed by atoms with Crippen molar-refractivity contribution in [2.45, 2.75) is 40.4 Å². The predicted octanol–water partition coefficient (Wildman–Crippen LogP) is 9.67. The minimum absolute atomic E-state index is 0.461. The molecule has 1 unspecified atom stereocenters. The van der Waals surface area contributed by atoms with E-state index in [2.05, 4.69) is 117 Å². The third-order valence-corrected chi connectivity index (χ3v) is 14.0. The Kier molecular flexibility index (Phi) is 14.2. The van der Waals surface area contributed by atoms with Gasteiger partial charge in [-0.05, 0) is 108 Å². The quantitative estimate of drug-likeness (QED) is 0.0302. The largest absolute Gasteiger partial charge is 0.547 e. The zero-order chi connectivity index (χ0) is 41.3. The Balaban J connectivity index is 1.07. The third kappa shape index (κ3) is 10.8. The molecule has 8 rings (SSSR count). The van der Waals surface area contributed by atoms with Crippen molar-refractivity contribution < 1.29 is 42.8 Å². The molecular weight excluding hydrogens is 877 g/mol. The fourth-order valence-corrected chi connectivity index (χ4v) is 11.1. The number of carbonyl (C=O) groups is 2. The van der Waals surface area contributed by atoms with Crippen molar-refractivity contribution in [3.8, 4) is 33.0 Å². The van der Waals surface area contributed by atoms with Gasteiger partial charge in [-0.2, -0.15) is 0 Å². The number of aromatic nitrogens is 1. The van der Waals surface area contributed by atoms with Gasteiger partial charge >= 0.3 is 5.97 Å². The number of nitrogens with zero attached hydrogens (tertiary/aromatic N) is 2. The van der Waals surface area contributed by atoms with E-state index in [0.717, 1.165) is 83.9 Å². The molecule has 0 amide bonds. The molecule has 10 nitrogen and oxygen atoms in total. The summed E-state index contributed by atoms with van der Waals surface area (Å²) in [7, 11) is 0. The SMILES string of the molecule is O=C([O-])COOSC#C[n+]1c(/C=C2/C=C3C=C(/C=C4\Sc5cc(-c6cccs6)ccc5N4C#CSOOCC(=O)O)CCC3CC2)sc2cc(Sc3ccccc3)ccc21. The molecule has 3 aliphatic rings. The van der Waals surface area contributed by atoms with Gasteiger partial charge in [-0.25, -0.2) is 14.6 Å². The third-order valence-electron chi connectivity index (χ3n) is 9.31. The minimum Gasteiger partial charge on any atom is -0.547 e. The molecule has 0 radical (unpaired) electrons. The molecule has 16 heteroatoms. The summed E-state index contributed by atoms with van der Waals surface area (Å²) in [5.74, 6) is -2.05. The lowest BCUT2D eigenvalue weighted by molar-refractivity contribution is -0.551. The number of benzene rings is 3. The molecule has 5 aromatic rings. The monoisotopic (exact) mass is 908 g/mol. The summed E-state index contributed by atoms with van der Waals surface area (Å²) in [6.07, 6.45) is 13.0. The van der Waals surface area contributed by atoms with E-state index in [-0.39, 0.29) is 0 Å². The van der Waals surface area contributed by atoms with Gasteiger partial charge in [-0.3, -0.25) is 4.90 Å². The van der Waals surface area contributed by atoms with Crippen molar-refractivity contribution in [1.29, 1.82) is 0 Å². The number of carboxylic acids is 2. The molecule has 0 spiro atoms. The maximum absolute atomic E-state index is 10.8. The molecule has 0 fully saturated rings. The molecule has 1 aliphatic heterocycles. The Morgan fingerprint density at radius 1 is 0.917 bits per heavy atom. The number of allylic oxidation sites excluding steroid dienone is 6. The van der Waals surface area contributed by atoms with E-state index in [0.29, 0.717) is 18.0 Å². The molecule has 0 saturated heterocycles. The molecular formula is C44H32N2O8S6. The van der Waals surface area contributed by atoms with E-state index in [9.17, 15) is 14.7 Å². The number of thioether (sulfide) groups is 1. The van der Waals surface area contributed by atoms with Crippen LogP contribution in [0.3, 0.4) is 0 Å². The van der Waals surface area contributed by atoms with Gasteiger partial charge in [0, 0.05) is 43.0 Å². The Morgan fingerprint density at radius 2 is 1.75 bits per heavy atom. The van der Waals surface area contributed by atoms with Crippen molar-refractivity contribution in [1.82, 2.24) is 0 Å². The van der Waals surface area contributed by atoms with Crippen molar-refractivity contribution in [2.24, 2.45) is 5.92 Å². The number of thiazole rings is 1. The van der Waals surface area contributed by atoms with E-state index in [1.807, 2.05) is 33.7 Å². The lowest BCUT2D eigenvalue weighted by Gasteiger charge is -2.28. The number of carbonyl (C=O) groups excluding carboxylic acids is 1. The Labute approximate surface area is 371 Å². The van der Waals surface area contributed by atoms with Crippen molar-refractivity contribution in [3.05, 3.63) is 129 Å². The second-order valence-electron chi connectivity index (χ2n) is 13.3. The van der Waals surface area contributed by atoms with Crippen LogP contribution in [0.5, 0.6) is 0 Å². The van der Waals surface area contributed by atoms with Crippen molar-refractivity contribution in [2.75, 3.05) is 18.1 Å². The minimum atomic E-state index is -1.38. The molecule has 302 valence electrons.